The van der Waals surface area contributed by atoms with E-state index in [1.54, 1.807) is 51.2 Å². The number of pyridine rings is 2. The van der Waals surface area contributed by atoms with E-state index >= 15 is 0 Å². The number of rotatable bonds is 6. The van der Waals surface area contributed by atoms with Crippen molar-refractivity contribution in [2.24, 2.45) is 0 Å². The molecule has 3 aromatic rings. The monoisotopic (exact) mass is 415 g/mol. The van der Waals surface area contributed by atoms with Crippen molar-refractivity contribution < 1.29 is 17.5 Å². The van der Waals surface area contributed by atoms with E-state index in [4.69, 9.17) is 4.74 Å². The predicted octanol–water partition coefficient (Wildman–Crippen LogP) is 4.59. The molecule has 0 bridgehead atoms. The first kappa shape index (κ1) is 20.7. The van der Waals surface area contributed by atoms with E-state index in [1.807, 2.05) is 6.07 Å². The first-order valence-corrected chi connectivity index (χ1v) is 10.5. The van der Waals surface area contributed by atoms with E-state index in [-0.39, 0.29) is 5.03 Å². The van der Waals surface area contributed by atoms with Crippen LogP contribution in [0.15, 0.2) is 66.0 Å². The number of benzene rings is 1. The molecule has 0 saturated carbocycles. The Bertz CT molecular complexity index is 1090. The maximum absolute atomic E-state index is 13.4. The number of hydrogen-bond donors (Lipinski definition) is 1. The quantitative estimate of drug-likeness (QED) is 0.634. The highest BCUT2D eigenvalue weighted by Crippen LogP contribution is 2.26. The van der Waals surface area contributed by atoms with E-state index in [0.29, 0.717) is 23.9 Å². The number of aromatic nitrogens is 2. The van der Waals surface area contributed by atoms with Crippen LogP contribution in [0.3, 0.4) is 0 Å². The van der Waals surface area contributed by atoms with E-state index in [2.05, 4.69) is 15.3 Å². The molecule has 29 heavy (non-hydrogen) atoms. The zero-order chi connectivity index (χ0) is 21.1. The summed E-state index contributed by atoms with van der Waals surface area (Å²) in [6, 6.07) is 12.6. The van der Waals surface area contributed by atoms with Gasteiger partial charge in [0.1, 0.15) is 11.6 Å². The van der Waals surface area contributed by atoms with Gasteiger partial charge in [0.15, 0.2) is 14.9 Å². The summed E-state index contributed by atoms with van der Waals surface area (Å²) in [5.41, 5.74) is 1.40. The average molecular weight is 415 g/mol. The maximum atomic E-state index is 13.4. The van der Waals surface area contributed by atoms with Gasteiger partial charge < -0.3 is 10.1 Å². The Kier molecular flexibility index (Phi) is 5.83. The Morgan fingerprint density at radius 1 is 1.07 bits per heavy atom. The molecule has 0 aliphatic carbocycles. The molecule has 1 aromatic carbocycles. The third kappa shape index (κ3) is 4.89. The van der Waals surface area contributed by atoms with Gasteiger partial charge in [-0.1, -0.05) is 12.1 Å². The third-order valence-electron chi connectivity index (χ3n) is 4.16. The lowest BCUT2D eigenvalue weighted by molar-refractivity contribution is 0.452. The molecular weight excluding hydrogens is 393 g/mol. The molecule has 0 radical (unpaired) electrons. The van der Waals surface area contributed by atoms with Crippen molar-refractivity contribution in [3.05, 3.63) is 72.3 Å². The van der Waals surface area contributed by atoms with Crippen molar-refractivity contribution in [2.75, 3.05) is 5.32 Å². The first-order chi connectivity index (χ1) is 13.7. The average Bonchev–Trinajstić information content (AvgIpc) is 2.67. The Labute approximate surface area is 169 Å². The highest BCUT2D eigenvalue weighted by atomic mass is 32.2. The SMILES string of the molecule is CC(C)(C)S(=O)(=O)c1ccc(NCc2cccnc2Oc2cccc(F)c2)cn1. The Morgan fingerprint density at radius 2 is 1.86 bits per heavy atom. The van der Waals surface area contributed by atoms with Crippen LogP contribution in [0.2, 0.25) is 0 Å². The van der Waals surface area contributed by atoms with Crippen LogP contribution in [-0.2, 0) is 16.4 Å². The fourth-order valence-electron chi connectivity index (χ4n) is 2.45. The molecule has 1 N–H and O–H groups in total. The predicted molar refractivity (Wildman–Crippen MR) is 109 cm³/mol. The number of halogens is 1. The van der Waals surface area contributed by atoms with Crippen molar-refractivity contribution in [1.29, 1.82) is 0 Å². The fraction of sp³-hybridized carbons (Fsp3) is 0.238. The maximum Gasteiger partial charge on any atom is 0.224 e. The number of ether oxygens (including phenoxy) is 1. The highest BCUT2D eigenvalue weighted by molar-refractivity contribution is 7.92. The third-order valence-corrected chi connectivity index (χ3v) is 6.57. The molecule has 0 fully saturated rings. The van der Waals surface area contributed by atoms with Gasteiger partial charge in [0.2, 0.25) is 5.88 Å². The zero-order valence-electron chi connectivity index (χ0n) is 16.4. The molecule has 0 atom stereocenters. The van der Waals surface area contributed by atoms with Gasteiger partial charge in [-0.3, -0.25) is 0 Å². The summed E-state index contributed by atoms with van der Waals surface area (Å²) in [4.78, 5) is 8.30. The minimum absolute atomic E-state index is 0.0343. The second kappa shape index (κ2) is 8.16. The molecule has 0 amide bonds. The largest absolute Gasteiger partial charge is 0.439 e. The van der Waals surface area contributed by atoms with Gasteiger partial charge in [-0.15, -0.1) is 0 Å². The van der Waals surface area contributed by atoms with Crippen LogP contribution in [-0.4, -0.2) is 23.1 Å². The standard InChI is InChI=1S/C21H22FN3O3S/c1-21(2,3)29(26,27)19-10-9-17(14-25-19)24-13-15-6-5-11-23-20(15)28-18-8-4-7-16(22)12-18/h4-12,14,24H,13H2,1-3H3. The number of hydrogen-bond acceptors (Lipinski definition) is 6. The molecule has 8 heteroatoms. The van der Waals surface area contributed by atoms with Crippen molar-refractivity contribution in [3.63, 3.8) is 0 Å². The van der Waals surface area contributed by atoms with Crippen molar-refractivity contribution >= 4 is 15.5 Å². The van der Waals surface area contributed by atoms with Gasteiger partial charge in [0.25, 0.3) is 0 Å². The molecule has 3 rings (SSSR count). The van der Waals surface area contributed by atoms with E-state index < -0.39 is 20.4 Å². The van der Waals surface area contributed by atoms with E-state index in [1.165, 1.54) is 24.4 Å². The molecule has 6 nitrogen and oxygen atoms in total. The van der Waals surface area contributed by atoms with Crippen LogP contribution in [0.1, 0.15) is 26.3 Å². The van der Waals surface area contributed by atoms with Crippen LogP contribution < -0.4 is 10.1 Å². The second-order valence-corrected chi connectivity index (χ2v) is 10.0. The highest BCUT2D eigenvalue weighted by Gasteiger charge is 2.31. The number of sulfone groups is 1. The molecule has 152 valence electrons. The lowest BCUT2D eigenvalue weighted by atomic mass is 10.2. The summed E-state index contributed by atoms with van der Waals surface area (Å²) in [5, 5.41) is 3.20. The summed E-state index contributed by atoms with van der Waals surface area (Å²) in [6.07, 6.45) is 3.06. The Morgan fingerprint density at radius 3 is 2.52 bits per heavy atom. The van der Waals surface area contributed by atoms with E-state index in [0.717, 1.165) is 5.56 Å². The minimum atomic E-state index is -3.50. The first-order valence-electron chi connectivity index (χ1n) is 8.99. The van der Waals surface area contributed by atoms with Crippen LogP contribution in [0, 0.1) is 5.82 Å². The van der Waals surface area contributed by atoms with Gasteiger partial charge >= 0.3 is 0 Å². The molecule has 2 heterocycles. The Balaban J connectivity index is 1.72. The fourth-order valence-corrected chi connectivity index (χ4v) is 3.51. The van der Waals surface area contributed by atoms with Crippen molar-refractivity contribution in [2.45, 2.75) is 37.1 Å². The summed E-state index contributed by atoms with van der Waals surface area (Å²) in [6.45, 7) is 5.28. The molecular formula is C21H22FN3O3S. The smallest absolute Gasteiger partial charge is 0.224 e. The number of nitrogens with zero attached hydrogens (tertiary/aromatic N) is 2. The minimum Gasteiger partial charge on any atom is -0.439 e. The topological polar surface area (TPSA) is 81.2 Å². The number of nitrogens with one attached hydrogen (secondary N) is 1. The number of anilines is 1. The second-order valence-electron chi connectivity index (χ2n) is 7.38. The molecule has 0 aliphatic heterocycles. The van der Waals surface area contributed by atoms with Crippen molar-refractivity contribution in [1.82, 2.24) is 9.97 Å². The molecule has 0 unspecified atom stereocenters. The molecule has 0 saturated heterocycles. The van der Waals surface area contributed by atoms with Crippen LogP contribution in [0.25, 0.3) is 0 Å². The lowest BCUT2D eigenvalue weighted by Gasteiger charge is -2.18. The summed E-state index contributed by atoms with van der Waals surface area (Å²) in [7, 11) is -3.50. The normalized spacial score (nSPS) is 11.9. The van der Waals surface area contributed by atoms with Gasteiger partial charge in [-0.2, -0.15) is 0 Å². The summed E-state index contributed by atoms with van der Waals surface area (Å²) < 4.78 is 43.0. The van der Waals surface area contributed by atoms with Crippen molar-refractivity contribution in [3.8, 4) is 11.6 Å². The van der Waals surface area contributed by atoms with E-state index in [9.17, 15) is 12.8 Å². The van der Waals surface area contributed by atoms with Crippen LogP contribution in [0.5, 0.6) is 11.6 Å². The van der Waals surface area contributed by atoms with Crippen LogP contribution >= 0.6 is 0 Å². The van der Waals surface area contributed by atoms with Gasteiger partial charge in [0.05, 0.1) is 16.6 Å². The zero-order valence-corrected chi connectivity index (χ0v) is 17.2. The molecule has 0 spiro atoms. The molecule has 0 aliphatic rings. The van der Waals surface area contributed by atoms with Gasteiger partial charge in [-0.05, 0) is 51.1 Å². The van der Waals surface area contributed by atoms with Gasteiger partial charge in [0, 0.05) is 24.4 Å². The summed E-state index contributed by atoms with van der Waals surface area (Å²) in [5.74, 6) is 0.309. The lowest BCUT2D eigenvalue weighted by Crippen LogP contribution is -2.28. The summed E-state index contributed by atoms with van der Waals surface area (Å²) >= 11 is 0. The Hall–Kier alpha value is -3.00. The molecule has 2 aromatic heterocycles. The van der Waals surface area contributed by atoms with Gasteiger partial charge in [-0.25, -0.2) is 22.8 Å². The van der Waals surface area contributed by atoms with Crippen LogP contribution in [0.4, 0.5) is 10.1 Å².